The van der Waals surface area contributed by atoms with Gasteiger partial charge in [-0.15, -0.1) is 0 Å². The maximum Gasteiger partial charge on any atom is 0.234 e. The van der Waals surface area contributed by atoms with Crippen molar-refractivity contribution in [1.29, 1.82) is 0 Å². The van der Waals surface area contributed by atoms with Crippen molar-refractivity contribution in [1.82, 2.24) is 10.6 Å². The van der Waals surface area contributed by atoms with Gasteiger partial charge in [-0.05, 0) is 48.4 Å². The summed E-state index contributed by atoms with van der Waals surface area (Å²) in [6.07, 6.45) is 0.769. The van der Waals surface area contributed by atoms with Crippen LogP contribution in [0.2, 0.25) is 0 Å². The van der Waals surface area contributed by atoms with Crippen molar-refractivity contribution in [3.05, 3.63) is 59.4 Å². The Morgan fingerprint density at radius 2 is 1.68 bits per heavy atom. The molecule has 0 aromatic heterocycles. The van der Waals surface area contributed by atoms with Crippen molar-refractivity contribution >= 4 is 5.91 Å². The molecule has 0 saturated heterocycles. The second-order valence-corrected chi connectivity index (χ2v) is 5.52. The van der Waals surface area contributed by atoms with Gasteiger partial charge in [-0.2, -0.15) is 0 Å². The van der Waals surface area contributed by atoms with Gasteiger partial charge in [-0.25, -0.2) is 4.39 Å². The topological polar surface area (TPSA) is 59.6 Å². The van der Waals surface area contributed by atoms with Gasteiger partial charge >= 0.3 is 0 Å². The Morgan fingerprint density at radius 1 is 1.00 bits per heavy atom. The zero-order valence-corrected chi connectivity index (χ0v) is 14.5. The summed E-state index contributed by atoms with van der Waals surface area (Å²) >= 11 is 0. The molecule has 0 saturated carbocycles. The Morgan fingerprint density at radius 3 is 2.36 bits per heavy atom. The Labute approximate surface area is 147 Å². The fraction of sp³-hybridized carbons (Fsp3) is 0.316. The number of carbonyl (C=O) groups is 1. The van der Waals surface area contributed by atoms with E-state index in [1.165, 1.54) is 12.1 Å². The van der Waals surface area contributed by atoms with Gasteiger partial charge in [-0.1, -0.05) is 18.2 Å². The predicted molar refractivity (Wildman–Crippen MR) is 94.4 cm³/mol. The Bertz CT molecular complexity index is 690. The molecule has 0 aliphatic heterocycles. The third-order valence-electron chi connectivity index (χ3n) is 3.73. The molecule has 1 amide bonds. The van der Waals surface area contributed by atoms with Crippen LogP contribution in [0.5, 0.6) is 11.5 Å². The molecule has 0 aliphatic rings. The van der Waals surface area contributed by atoms with E-state index in [1.54, 1.807) is 26.4 Å². The molecule has 2 aromatic carbocycles. The zero-order chi connectivity index (χ0) is 18.1. The number of amides is 1. The summed E-state index contributed by atoms with van der Waals surface area (Å²) in [6.45, 7) is 1.28. The van der Waals surface area contributed by atoms with E-state index in [2.05, 4.69) is 10.6 Å². The first-order valence-corrected chi connectivity index (χ1v) is 8.05. The third-order valence-corrected chi connectivity index (χ3v) is 3.73. The molecule has 0 unspecified atom stereocenters. The maximum absolute atomic E-state index is 12.8. The summed E-state index contributed by atoms with van der Waals surface area (Å²) in [6, 6.07) is 11.8. The minimum absolute atomic E-state index is 0.100. The monoisotopic (exact) mass is 346 g/mol. The largest absolute Gasteiger partial charge is 0.493 e. The molecule has 0 aliphatic carbocycles. The number of nitrogens with one attached hydrogen (secondary N) is 2. The number of rotatable bonds is 9. The first-order valence-electron chi connectivity index (χ1n) is 8.05. The van der Waals surface area contributed by atoms with Crippen molar-refractivity contribution in [3.8, 4) is 11.5 Å². The van der Waals surface area contributed by atoms with E-state index >= 15 is 0 Å². The lowest BCUT2D eigenvalue weighted by Crippen LogP contribution is -2.34. The van der Waals surface area contributed by atoms with Crippen LogP contribution in [0.1, 0.15) is 11.1 Å². The number of hydrogen-bond donors (Lipinski definition) is 2. The van der Waals surface area contributed by atoms with Crippen LogP contribution in [-0.4, -0.2) is 33.2 Å². The summed E-state index contributed by atoms with van der Waals surface area (Å²) < 4.78 is 23.3. The van der Waals surface area contributed by atoms with Crippen molar-refractivity contribution < 1.29 is 18.7 Å². The second kappa shape index (κ2) is 9.64. The van der Waals surface area contributed by atoms with Crippen molar-refractivity contribution in [2.45, 2.75) is 13.0 Å². The normalized spacial score (nSPS) is 10.4. The van der Waals surface area contributed by atoms with Crippen LogP contribution in [0.3, 0.4) is 0 Å². The molecular formula is C19H23FN2O3. The van der Waals surface area contributed by atoms with E-state index in [0.717, 1.165) is 17.5 Å². The van der Waals surface area contributed by atoms with Crippen LogP contribution in [0, 0.1) is 5.82 Å². The lowest BCUT2D eigenvalue weighted by molar-refractivity contribution is -0.120. The van der Waals surface area contributed by atoms with Gasteiger partial charge in [0.05, 0.1) is 20.8 Å². The molecule has 134 valence electrons. The Hall–Kier alpha value is -2.60. The highest BCUT2D eigenvalue weighted by molar-refractivity contribution is 5.77. The minimum atomic E-state index is -0.285. The van der Waals surface area contributed by atoms with E-state index in [0.29, 0.717) is 24.6 Å². The van der Waals surface area contributed by atoms with Crippen LogP contribution in [0.25, 0.3) is 0 Å². The Kier molecular flexibility index (Phi) is 7.22. The first kappa shape index (κ1) is 18.7. The zero-order valence-electron chi connectivity index (χ0n) is 14.5. The van der Waals surface area contributed by atoms with E-state index in [4.69, 9.17) is 9.47 Å². The van der Waals surface area contributed by atoms with Crippen molar-refractivity contribution in [2.75, 3.05) is 27.3 Å². The highest BCUT2D eigenvalue weighted by Crippen LogP contribution is 2.27. The molecule has 0 atom stereocenters. The molecular weight excluding hydrogens is 323 g/mol. The molecule has 0 fully saturated rings. The molecule has 2 aromatic rings. The third kappa shape index (κ3) is 6.08. The van der Waals surface area contributed by atoms with Gasteiger partial charge in [0, 0.05) is 6.54 Å². The van der Waals surface area contributed by atoms with Crippen LogP contribution < -0.4 is 20.1 Å². The number of carbonyl (C=O) groups excluding carboxylic acids is 1. The number of methoxy groups -OCH3 is 2. The fourth-order valence-corrected chi connectivity index (χ4v) is 2.34. The molecule has 0 spiro atoms. The Balaban J connectivity index is 1.68. The number of halogens is 1. The lowest BCUT2D eigenvalue weighted by atomic mass is 10.1. The number of benzene rings is 2. The van der Waals surface area contributed by atoms with Gasteiger partial charge < -0.3 is 20.1 Å². The summed E-state index contributed by atoms with van der Waals surface area (Å²) in [4.78, 5) is 11.8. The molecule has 2 rings (SSSR count). The van der Waals surface area contributed by atoms with E-state index in [1.807, 2.05) is 18.2 Å². The van der Waals surface area contributed by atoms with E-state index in [9.17, 15) is 9.18 Å². The number of hydrogen-bond acceptors (Lipinski definition) is 4. The highest BCUT2D eigenvalue weighted by Gasteiger charge is 2.05. The van der Waals surface area contributed by atoms with Gasteiger partial charge in [-0.3, -0.25) is 4.79 Å². The molecule has 25 heavy (non-hydrogen) atoms. The summed E-state index contributed by atoms with van der Waals surface area (Å²) in [5.41, 5.74) is 1.96. The number of ether oxygens (including phenoxy) is 2. The first-order chi connectivity index (χ1) is 12.1. The summed E-state index contributed by atoms with van der Waals surface area (Å²) in [5, 5.41) is 5.89. The fourth-order valence-electron chi connectivity index (χ4n) is 2.34. The van der Waals surface area contributed by atoms with E-state index < -0.39 is 0 Å². The average molecular weight is 346 g/mol. The van der Waals surface area contributed by atoms with Gasteiger partial charge in [0.1, 0.15) is 5.82 Å². The van der Waals surface area contributed by atoms with Gasteiger partial charge in [0.25, 0.3) is 0 Å². The molecule has 2 N–H and O–H groups in total. The smallest absolute Gasteiger partial charge is 0.234 e. The highest BCUT2D eigenvalue weighted by atomic mass is 19.1. The molecule has 6 heteroatoms. The summed E-state index contributed by atoms with van der Waals surface area (Å²) in [7, 11) is 3.20. The quantitative estimate of drug-likeness (QED) is 0.684. The lowest BCUT2D eigenvalue weighted by Gasteiger charge is -2.10. The van der Waals surface area contributed by atoms with Crippen LogP contribution >= 0.6 is 0 Å². The molecule has 0 radical (unpaired) electrons. The van der Waals surface area contributed by atoms with Crippen LogP contribution in [0.15, 0.2) is 42.5 Å². The SMILES string of the molecule is COc1ccc(CCNCC(=O)NCc2ccc(F)cc2)cc1OC. The van der Waals surface area contributed by atoms with Crippen LogP contribution in [-0.2, 0) is 17.8 Å². The van der Waals surface area contributed by atoms with Gasteiger partial charge in [0.2, 0.25) is 5.91 Å². The standard InChI is InChI=1S/C19H23FN2O3/c1-24-17-8-5-14(11-18(17)25-2)9-10-21-13-19(23)22-12-15-3-6-16(20)7-4-15/h3-8,11,21H,9-10,12-13H2,1-2H3,(H,22,23). The van der Waals surface area contributed by atoms with Crippen molar-refractivity contribution in [3.63, 3.8) is 0 Å². The average Bonchev–Trinajstić information content (AvgIpc) is 2.64. The second-order valence-electron chi connectivity index (χ2n) is 5.52. The van der Waals surface area contributed by atoms with Crippen LogP contribution in [0.4, 0.5) is 4.39 Å². The predicted octanol–water partition coefficient (Wildman–Crippen LogP) is 2.29. The molecule has 0 heterocycles. The van der Waals surface area contributed by atoms with E-state index in [-0.39, 0.29) is 18.3 Å². The van der Waals surface area contributed by atoms with Gasteiger partial charge in [0.15, 0.2) is 11.5 Å². The maximum atomic E-state index is 12.8. The summed E-state index contributed by atoms with van der Waals surface area (Å²) in [5.74, 6) is 1.000. The minimum Gasteiger partial charge on any atom is -0.493 e. The molecule has 5 nitrogen and oxygen atoms in total. The molecule has 0 bridgehead atoms. The van der Waals surface area contributed by atoms with Crippen molar-refractivity contribution in [2.24, 2.45) is 0 Å².